The van der Waals surface area contributed by atoms with Crippen LogP contribution in [0.5, 0.6) is 0 Å². The predicted molar refractivity (Wildman–Crippen MR) is 256 cm³/mol. The SMILES string of the molecule is CCCCCC[C@@H](OC[C@@H](C)NC(=O)[C@@H](C)[C@H](C)OCc1ccccc1)[C@@H](C)C(=O)N(C)[C@@H](CC(C)C)C(=O)N[C@H](C(=O)N=C(CNC(=O)OCc1ccccc1)C(N)=O)C1CCCCC1. The standard InChI is InChI=1S/C51H78N6O9/c1-9-10-11-21-28-44(65-31-35(4)54-47(59)36(5)38(7)64-32-39-22-15-12-16-23-39)37(6)50(62)57(8)43(29-34(2)3)48(60)56-45(41-26-19-14-20-27-41)49(61)55-42(46(52)58)30-53-51(63)66-33-40-24-17-13-18-25-40/h12-13,15-18,22-25,34-38,41,43-45H,9-11,14,19-21,26-33H2,1-8H3,(H2,52,58)(H,53,63)(H,54,59)(H,56,60)/t35-,36+,37-,38+,43+,44-,45+/m1/s1. The zero-order valence-electron chi connectivity index (χ0n) is 40.7. The number of carbonyl (C=O) groups excluding carboxylic acids is 6. The van der Waals surface area contributed by atoms with Crippen LogP contribution in [0.3, 0.4) is 0 Å². The molecule has 15 nitrogen and oxygen atoms in total. The molecule has 7 atom stereocenters. The highest BCUT2D eigenvalue weighted by atomic mass is 16.5. The van der Waals surface area contributed by atoms with E-state index in [2.05, 4.69) is 27.9 Å². The molecule has 3 rings (SSSR count). The number of hydrogen-bond donors (Lipinski definition) is 4. The van der Waals surface area contributed by atoms with E-state index in [0.717, 1.165) is 56.1 Å². The quantitative estimate of drug-likeness (QED) is 0.0509. The Bertz CT molecular complexity index is 1840. The normalized spacial score (nSPS) is 16.5. The van der Waals surface area contributed by atoms with Gasteiger partial charge in [-0.3, -0.25) is 24.0 Å². The number of nitrogens with zero attached hydrogens (tertiary/aromatic N) is 2. The summed E-state index contributed by atoms with van der Waals surface area (Å²) < 4.78 is 17.7. The Morgan fingerprint density at radius 2 is 1.39 bits per heavy atom. The molecule has 1 fully saturated rings. The molecule has 15 heteroatoms. The minimum Gasteiger partial charge on any atom is -0.445 e. The van der Waals surface area contributed by atoms with Crippen LogP contribution in [0, 0.1) is 23.7 Å². The van der Waals surface area contributed by atoms with Crippen molar-refractivity contribution < 1.29 is 43.0 Å². The first-order valence-corrected chi connectivity index (χ1v) is 24.0. The Labute approximate surface area is 393 Å². The highest BCUT2D eigenvalue weighted by Gasteiger charge is 2.38. The number of nitrogens with one attached hydrogen (secondary N) is 3. The van der Waals surface area contributed by atoms with Crippen molar-refractivity contribution in [1.29, 1.82) is 0 Å². The van der Waals surface area contributed by atoms with E-state index < -0.39 is 60.4 Å². The molecule has 2 aromatic carbocycles. The van der Waals surface area contributed by atoms with Crippen molar-refractivity contribution in [1.82, 2.24) is 20.9 Å². The summed E-state index contributed by atoms with van der Waals surface area (Å²) in [5.41, 5.74) is 7.02. The highest BCUT2D eigenvalue weighted by Crippen LogP contribution is 2.28. The molecule has 0 bridgehead atoms. The fourth-order valence-corrected chi connectivity index (χ4v) is 8.03. The molecule has 0 unspecified atom stereocenters. The van der Waals surface area contributed by atoms with Crippen molar-refractivity contribution in [2.24, 2.45) is 34.4 Å². The number of likely N-dealkylation sites (N-methyl/N-ethyl adjacent to an activating group) is 1. The second kappa shape index (κ2) is 29.5. The van der Waals surface area contributed by atoms with Crippen LogP contribution in [0.1, 0.15) is 130 Å². The molecular weight excluding hydrogens is 841 g/mol. The third-order valence-electron chi connectivity index (χ3n) is 12.4. The van der Waals surface area contributed by atoms with Gasteiger partial charge in [-0.25, -0.2) is 9.79 Å². The molecule has 1 aliphatic rings. The molecule has 0 saturated heterocycles. The van der Waals surface area contributed by atoms with E-state index in [-0.39, 0.29) is 54.7 Å². The number of alkyl carbamates (subject to hydrolysis) is 1. The first-order chi connectivity index (χ1) is 31.5. The first kappa shape index (κ1) is 55.2. The van der Waals surface area contributed by atoms with Crippen LogP contribution in [0.25, 0.3) is 0 Å². The van der Waals surface area contributed by atoms with Gasteiger partial charge in [0.2, 0.25) is 17.7 Å². The van der Waals surface area contributed by atoms with Gasteiger partial charge in [-0.15, -0.1) is 0 Å². The Balaban J connectivity index is 1.73. The van der Waals surface area contributed by atoms with Gasteiger partial charge in [0.25, 0.3) is 11.8 Å². The molecule has 5 N–H and O–H groups in total. The van der Waals surface area contributed by atoms with Gasteiger partial charge in [-0.05, 0) is 62.5 Å². The van der Waals surface area contributed by atoms with Crippen molar-refractivity contribution in [3.05, 3.63) is 71.8 Å². The van der Waals surface area contributed by atoms with Gasteiger partial charge in [0.15, 0.2) is 0 Å². The van der Waals surface area contributed by atoms with Gasteiger partial charge < -0.3 is 40.8 Å². The Morgan fingerprint density at radius 1 is 0.773 bits per heavy atom. The van der Waals surface area contributed by atoms with Crippen LogP contribution in [0.2, 0.25) is 0 Å². The minimum absolute atomic E-state index is 0.00162. The largest absolute Gasteiger partial charge is 0.445 e. The molecule has 0 aliphatic heterocycles. The lowest BCUT2D eigenvalue weighted by Gasteiger charge is -2.35. The van der Waals surface area contributed by atoms with Gasteiger partial charge in [0, 0.05) is 13.1 Å². The van der Waals surface area contributed by atoms with Crippen LogP contribution >= 0.6 is 0 Å². The minimum atomic E-state index is -1.10. The summed E-state index contributed by atoms with van der Waals surface area (Å²) in [7, 11) is 1.61. The number of ether oxygens (including phenoxy) is 3. The van der Waals surface area contributed by atoms with Gasteiger partial charge in [-0.2, -0.15) is 0 Å². The second-order valence-electron chi connectivity index (χ2n) is 18.4. The van der Waals surface area contributed by atoms with Crippen molar-refractivity contribution in [2.45, 2.75) is 163 Å². The Hall–Kier alpha value is -5.15. The maximum Gasteiger partial charge on any atom is 0.407 e. The summed E-state index contributed by atoms with van der Waals surface area (Å²) in [5.74, 6) is -4.05. The fraction of sp³-hybridized carbons (Fsp3) is 0.627. The number of amides is 6. The number of hydrogen-bond acceptors (Lipinski definition) is 9. The molecule has 1 aliphatic carbocycles. The maximum absolute atomic E-state index is 14.4. The van der Waals surface area contributed by atoms with Crippen molar-refractivity contribution in [3.63, 3.8) is 0 Å². The highest BCUT2D eigenvalue weighted by molar-refractivity contribution is 6.41. The third kappa shape index (κ3) is 19.4. The van der Waals surface area contributed by atoms with E-state index in [0.29, 0.717) is 32.3 Å². The van der Waals surface area contributed by atoms with Crippen molar-refractivity contribution >= 4 is 41.3 Å². The van der Waals surface area contributed by atoms with Crippen molar-refractivity contribution in [3.8, 4) is 0 Å². The fourth-order valence-electron chi connectivity index (χ4n) is 8.03. The van der Waals surface area contributed by atoms with E-state index >= 15 is 0 Å². The molecule has 6 amide bonds. The smallest absolute Gasteiger partial charge is 0.407 e. The van der Waals surface area contributed by atoms with E-state index in [1.165, 1.54) is 4.90 Å². The van der Waals surface area contributed by atoms with Crippen LogP contribution in [-0.2, 0) is 51.4 Å². The number of benzene rings is 2. The summed E-state index contributed by atoms with van der Waals surface area (Å²) >= 11 is 0. The van der Waals surface area contributed by atoms with Crippen LogP contribution in [0.15, 0.2) is 65.7 Å². The number of unbranched alkanes of at least 4 members (excludes halogenated alkanes) is 3. The summed E-state index contributed by atoms with van der Waals surface area (Å²) in [4.78, 5) is 86.6. The van der Waals surface area contributed by atoms with Gasteiger partial charge in [0.1, 0.15) is 24.4 Å². The molecule has 0 radical (unpaired) electrons. The second-order valence-corrected chi connectivity index (χ2v) is 18.4. The number of nitrogens with two attached hydrogens (primary N) is 1. The topological polar surface area (TPSA) is 208 Å². The van der Waals surface area contributed by atoms with E-state index in [9.17, 15) is 28.8 Å². The van der Waals surface area contributed by atoms with E-state index in [1.54, 1.807) is 19.2 Å². The Kier molecular flexibility index (Phi) is 24.6. The van der Waals surface area contributed by atoms with Gasteiger partial charge >= 0.3 is 6.09 Å². The van der Waals surface area contributed by atoms with Crippen LogP contribution in [-0.4, -0.2) is 96.8 Å². The number of carbonyl (C=O) groups is 6. The number of primary amides is 1. The van der Waals surface area contributed by atoms with Gasteiger partial charge in [0.05, 0.1) is 43.8 Å². The lowest BCUT2D eigenvalue weighted by molar-refractivity contribution is -0.147. The summed E-state index contributed by atoms with van der Waals surface area (Å²) in [5, 5.41) is 8.44. The average Bonchev–Trinajstić information content (AvgIpc) is 3.31. The van der Waals surface area contributed by atoms with E-state index in [4.69, 9.17) is 19.9 Å². The summed E-state index contributed by atoms with van der Waals surface area (Å²) in [6, 6.07) is 16.5. The molecule has 366 valence electrons. The van der Waals surface area contributed by atoms with E-state index in [1.807, 2.05) is 90.1 Å². The molecule has 1 saturated carbocycles. The van der Waals surface area contributed by atoms with Crippen LogP contribution in [0.4, 0.5) is 4.79 Å². The lowest BCUT2D eigenvalue weighted by atomic mass is 9.83. The zero-order valence-corrected chi connectivity index (χ0v) is 40.7. The molecule has 0 spiro atoms. The van der Waals surface area contributed by atoms with Crippen molar-refractivity contribution in [2.75, 3.05) is 20.2 Å². The summed E-state index contributed by atoms with van der Waals surface area (Å²) in [6.07, 6.45) is 7.17. The zero-order chi connectivity index (χ0) is 48.6. The maximum atomic E-state index is 14.4. The average molecular weight is 919 g/mol. The lowest BCUT2D eigenvalue weighted by Crippen LogP contribution is -2.56. The third-order valence-corrected chi connectivity index (χ3v) is 12.4. The van der Waals surface area contributed by atoms with Crippen LogP contribution < -0.4 is 21.7 Å². The van der Waals surface area contributed by atoms with Gasteiger partial charge in [-0.1, -0.05) is 140 Å². The summed E-state index contributed by atoms with van der Waals surface area (Å²) in [6.45, 7) is 13.6. The number of aliphatic imine (C=N–C) groups is 1. The first-order valence-electron chi connectivity index (χ1n) is 24.0. The Morgan fingerprint density at radius 3 is 1.98 bits per heavy atom. The predicted octanol–water partition coefficient (Wildman–Crippen LogP) is 7.04. The molecule has 0 aromatic heterocycles. The number of rotatable bonds is 28. The molecule has 2 aromatic rings. The molecule has 0 heterocycles. The molecular formula is C51H78N6O9. The monoisotopic (exact) mass is 919 g/mol. The molecule has 66 heavy (non-hydrogen) atoms.